The smallest absolute Gasteiger partial charge is 0.276 e. The number of benzene rings is 1. The molecule has 0 unspecified atom stereocenters. The maximum absolute atomic E-state index is 13.6. The van der Waals surface area contributed by atoms with Crippen molar-refractivity contribution in [2.24, 2.45) is 0 Å². The normalized spacial score (nSPS) is 14.3. The molecule has 0 saturated carbocycles. The molecule has 0 bridgehead atoms. The number of thiazole rings is 1. The molecule has 0 radical (unpaired) electrons. The van der Waals surface area contributed by atoms with Crippen LogP contribution in [0.2, 0.25) is 0 Å². The Balaban J connectivity index is 1.39. The van der Waals surface area contributed by atoms with Crippen LogP contribution in [-0.2, 0) is 5.54 Å². The van der Waals surface area contributed by atoms with Gasteiger partial charge in [0.2, 0.25) is 5.95 Å². The van der Waals surface area contributed by atoms with E-state index in [4.69, 9.17) is 0 Å². The maximum Gasteiger partial charge on any atom is 0.276 e. The Bertz CT molecular complexity index is 1400. The van der Waals surface area contributed by atoms with Gasteiger partial charge in [-0.15, -0.1) is 0 Å². The number of hydrogen-bond donors (Lipinski definition) is 1. The van der Waals surface area contributed by atoms with E-state index in [-0.39, 0.29) is 11.8 Å². The largest absolute Gasteiger partial charge is 0.337 e. The SMILES string of the molecule is Cc1ccc(C(=O)Nc2nc3c(s2)c(C(=O)N2CCN(c4ncccn4)CC2)nn3C(C)(C)C)cc1. The molecular weight excluding hydrogens is 476 g/mol. The van der Waals surface area contributed by atoms with E-state index in [0.717, 1.165) is 5.56 Å². The van der Waals surface area contributed by atoms with Gasteiger partial charge in [0.15, 0.2) is 16.5 Å². The molecule has 186 valence electrons. The van der Waals surface area contributed by atoms with E-state index in [1.54, 1.807) is 40.2 Å². The van der Waals surface area contributed by atoms with E-state index >= 15 is 0 Å². The first kappa shape index (κ1) is 23.9. The number of carbonyl (C=O) groups excluding carboxylic acids is 2. The van der Waals surface area contributed by atoms with Crippen LogP contribution < -0.4 is 10.2 Å². The lowest BCUT2D eigenvalue weighted by Crippen LogP contribution is -2.49. The Labute approximate surface area is 213 Å². The Kier molecular flexibility index (Phi) is 6.17. The minimum Gasteiger partial charge on any atom is -0.337 e. The molecule has 5 rings (SSSR count). The van der Waals surface area contributed by atoms with Crippen LogP contribution in [0, 0.1) is 6.92 Å². The third kappa shape index (κ3) is 4.66. The molecule has 1 aliphatic rings. The molecule has 11 heteroatoms. The highest BCUT2D eigenvalue weighted by Crippen LogP contribution is 2.33. The van der Waals surface area contributed by atoms with E-state index < -0.39 is 5.54 Å². The lowest BCUT2D eigenvalue weighted by Gasteiger charge is -2.34. The summed E-state index contributed by atoms with van der Waals surface area (Å²) in [5.41, 5.74) is 2.18. The van der Waals surface area contributed by atoms with E-state index in [1.165, 1.54) is 11.3 Å². The van der Waals surface area contributed by atoms with Crippen molar-refractivity contribution in [3.63, 3.8) is 0 Å². The molecule has 0 atom stereocenters. The average Bonchev–Trinajstić information content (AvgIpc) is 3.43. The van der Waals surface area contributed by atoms with Gasteiger partial charge in [-0.3, -0.25) is 14.9 Å². The maximum atomic E-state index is 13.6. The van der Waals surface area contributed by atoms with Gasteiger partial charge in [0.25, 0.3) is 11.8 Å². The Hall–Kier alpha value is -3.86. The van der Waals surface area contributed by atoms with Gasteiger partial charge in [-0.05, 0) is 45.9 Å². The molecule has 0 aliphatic carbocycles. The van der Waals surface area contributed by atoms with Crippen molar-refractivity contribution < 1.29 is 9.59 Å². The molecule has 1 saturated heterocycles. The van der Waals surface area contributed by atoms with Crippen LogP contribution in [0.5, 0.6) is 0 Å². The number of hydrogen-bond acceptors (Lipinski definition) is 8. The number of amides is 2. The summed E-state index contributed by atoms with van der Waals surface area (Å²) >= 11 is 1.27. The second-order valence-electron chi connectivity index (χ2n) is 9.75. The second-order valence-corrected chi connectivity index (χ2v) is 10.8. The van der Waals surface area contributed by atoms with Gasteiger partial charge in [-0.25, -0.2) is 14.6 Å². The number of carbonyl (C=O) groups is 2. The fraction of sp³-hybridized carbons (Fsp3) is 0.360. The number of anilines is 2. The molecule has 4 aromatic rings. The molecule has 1 aliphatic heterocycles. The molecule has 2 amide bonds. The lowest BCUT2D eigenvalue weighted by atomic mass is 10.1. The summed E-state index contributed by atoms with van der Waals surface area (Å²) in [7, 11) is 0. The van der Waals surface area contributed by atoms with Crippen LogP contribution in [0.15, 0.2) is 42.7 Å². The highest BCUT2D eigenvalue weighted by molar-refractivity contribution is 7.22. The number of piperazine rings is 1. The first-order valence-electron chi connectivity index (χ1n) is 11.8. The van der Waals surface area contributed by atoms with Gasteiger partial charge >= 0.3 is 0 Å². The Morgan fingerprint density at radius 1 is 1.00 bits per heavy atom. The topological polar surface area (TPSA) is 109 Å². The summed E-state index contributed by atoms with van der Waals surface area (Å²) in [6, 6.07) is 9.14. The van der Waals surface area contributed by atoms with Crippen LogP contribution in [0.1, 0.15) is 47.2 Å². The number of fused-ring (bicyclic) bond motifs is 1. The molecule has 0 spiro atoms. The highest BCUT2D eigenvalue weighted by atomic mass is 32.1. The quantitative estimate of drug-likeness (QED) is 0.453. The zero-order chi connectivity index (χ0) is 25.4. The van der Waals surface area contributed by atoms with Crippen molar-refractivity contribution in [2.75, 3.05) is 36.4 Å². The van der Waals surface area contributed by atoms with Crippen molar-refractivity contribution in [1.82, 2.24) is 29.6 Å². The third-order valence-electron chi connectivity index (χ3n) is 6.00. The van der Waals surface area contributed by atoms with Crippen molar-refractivity contribution >= 4 is 44.6 Å². The number of nitrogens with zero attached hydrogens (tertiary/aromatic N) is 7. The molecule has 3 aromatic heterocycles. The number of nitrogens with one attached hydrogen (secondary N) is 1. The Morgan fingerprint density at radius 3 is 2.31 bits per heavy atom. The molecule has 1 N–H and O–H groups in total. The highest BCUT2D eigenvalue weighted by Gasteiger charge is 2.31. The summed E-state index contributed by atoms with van der Waals surface area (Å²) in [6.45, 7) is 10.4. The van der Waals surface area contributed by atoms with Gasteiger partial charge < -0.3 is 9.80 Å². The third-order valence-corrected chi connectivity index (χ3v) is 6.97. The average molecular weight is 505 g/mol. The number of aryl methyl sites for hydroxylation is 1. The molecule has 36 heavy (non-hydrogen) atoms. The van der Waals surface area contributed by atoms with Gasteiger partial charge in [-0.1, -0.05) is 29.0 Å². The van der Waals surface area contributed by atoms with Crippen molar-refractivity contribution in [3.05, 3.63) is 59.5 Å². The van der Waals surface area contributed by atoms with Crippen LogP contribution in [0.4, 0.5) is 11.1 Å². The molecule has 1 aromatic carbocycles. The minimum atomic E-state index is -0.396. The fourth-order valence-corrected chi connectivity index (χ4v) is 4.97. The van der Waals surface area contributed by atoms with Crippen LogP contribution >= 0.6 is 11.3 Å². The van der Waals surface area contributed by atoms with Crippen molar-refractivity contribution in [1.29, 1.82) is 0 Å². The number of aromatic nitrogens is 5. The van der Waals surface area contributed by atoms with Crippen LogP contribution in [0.25, 0.3) is 10.3 Å². The summed E-state index contributed by atoms with van der Waals surface area (Å²) in [5.74, 6) is 0.283. The summed E-state index contributed by atoms with van der Waals surface area (Å²) in [6.07, 6.45) is 3.43. The fourth-order valence-electron chi connectivity index (χ4n) is 4.05. The summed E-state index contributed by atoms with van der Waals surface area (Å²) in [4.78, 5) is 43.5. The predicted octanol–water partition coefficient (Wildman–Crippen LogP) is 3.56. The molecule has 1 fully saturated rings. The predicted molar refractivity (Wildman–Crippen MR) is 140 cm³/mol. The monoisotopic (exact) mass is 504 g/mol. The zero-order valence-corrected chi connectivity index (χ0v) is 21.5. The summed E-state index contributed by atoms with van der Waals surface area (Å²) in [5, 5.41) is 8.00. The minimum absolute atomic E-state index is 0.142. The molecule has 4 heterocycles. The van der Waals surface area contributed by atoms with E-state index in [0.29, 0.717) is 58.9 Å². The van der Waals surface area contributed by atoms with Gasteiger partial charge in [0, 0.05) is 44.1 Å². The standard InChI is InChI=1S/C25H28N8O2S/c1-16-6-8-17(9-7-16)21(34)29-24-28-20-19(36-24)18(30-33(20)25(2,3)4)22(35)31-12-14-32(15-13-31)23-26-10-5-11-27-23/h5-11H,12-15H2,1-4H3,(H,28,29,34). The summed E-state index contributed by atoms with van der Waals surface area (Å²) < 4.78 is 2.43. The van der Waals surface area contributed by atoms with E-state index in [1.807, 2.05) is 39.8 Å². The number of rotatable bonds is 4. The van der Waals surface area contributed by atoms with Crippen molar-refractivity contribution in [2.45, 2.75) is 33.2 Å². The molecular formula is C25H28N8O2S. The Morgan fingerprint density at radius 2 is 1.67 bits per heavy atom. The van der Waals surface area contributed by atoms with Gasteiger partial charge in [0.05, 0.1) is 5.54 Å². The zero-order valence-electron chi connectivity index (χ0n) is 20.7. The van der Waals surface area contributed by atoms with Gasteiger partial charge in [-0.2, -0.15) is 10.1 Å². The van der Waals surface area contributed by atoms with E-state index in [2.05, 4.69) is 30.3 Å². The van der Waals surface area contributed by atoms with Crippen LogP contribution in [0.3, 0.4) is 0 Å². The first-order chi connectivity index (χ1) is 17.2. The lowest BCUT2D eigenvalue weighted by molar-refractivity contribution is 0.0740. The van der Waals surface area contributed by atoms with E-state index in [9.17, 15) is 9.59 Å². The van der Waals surface area contributed by atoms with Crippen molar-refractivity contribution in [3.8, 4) is 0 Å². The van der Waals surface area contributed by atoms with Crippen LogP contribution in [-0.4, -0.2) is 67.6 Å². The first-order valence-corrected chi connectivity index (χ1v) is 12.6. The second kappa shape index (κ2) is 9.30. The van der Waals surface area contributed by atoms with Gasteiger partial charge in [0.1, 0.15) is 4.70 Å². The molecule has 10 nitrogen and oxygen atoms in total.